The first kappa shape index (κ1) is 12.2. The predicted molar refractivity (Wildman–Crippen MR) is 72.2 cm³/mol. The van der Waals surface area contributed by atoms with Crippen molar-refractivity contribution in [2.45, 2.75) is 16.2 Å². The number of hydrogen-bond donors (Lipinski definition) is 0. The molecule has 0 heterocycles. The number of rotatable bonds is 5. The van der Waals surface area contributed by atoms with Gasteiger partial charge in [-0.1, -0.05) is 36.4 Å². The first-order valence-corrected chi connectivity index (χ1v) is 7.18. The predicted octanol–water partition coefficient (Wildman–Crippen LogP) is 4.08. The Morgan fingerprint density at radius 1 is 0.765 bits per heavy atom. The minimum absolute atomic E-state index is 0.00887. The Morgan fingerprint density at radius 2 is 1.24 bits per heavy atom. The number of halogens is 1. The summed E-state index contributed by atoms with van der Waals surface area (Å²) in [6.45, 7) is -0.233. The molecule has 0 N–H and O–H groups in total. The highest BCUT2D eigenvalue weighted by atomic mass is 32.2. The number of alkyl halides is 1. The summed E-state index contributed by atoms with van der Waals surface area (Å²) in [6.07, 6.45) is 0.632. The molecule has 88 valence electrons. The maximum atomic E-state index is 12.4. The molecule has 0 aromatic heterocycles. The summed E-state index contributed by atoms with van der Waals surface area (Å²) in [7, 11) is 0.00887. The van der Waals surface area contributed by atoms with Crippen LogP contribution in [0.4, 0.5) is 4.39 Å². The van der Waals surface area contributed by atoms with Gasteiger partial charge in [-0.2, -0.15) is 0 Å². The Labute approximate surface area is 105 Å². The van der Waals surface area contributed by atoms with Crippen molar-refractivity contribution >= 4 is 10.9 Å². The summed E-state index contributed by atoms with van der Waals surface area (Å²) < 4.78 is 12.4. The highest BCUT2D eigenvalue weighted by Crippen LogP contribution is 2.23. The zero-order chi connectivity index (χ0) is 11.9. The summed E-state index contributed by atoms with van der Waals surface area (Å²) in [6, 6.07) is 20.8. The monoisotopic (exact) mass is 247 g/mol. The summed E-state index contributed by atoms with van der Waals surface area (Å²) in [5.41, 5.74) is 0. The lowest BCUT2D eigenvalue weighted by molar-refractivity contribution is 0.489. The second-order valence-electron chi connectivity index (χ2n) is 3.76. The minimum Gasteiger partial charge on any atom is -0.251 e. The standard InChI is InChI=1S/C15H16FS/c16-12-7-13-17(14-8-3-1-4-9-14)15-10-5-2-6-11-15/h1-6,8-11H,7,12-13H2/q+1. The molecule has 0 saturated heterocycles. The van der Waals surface area contributed by atoms with Crippen LogP contribution in [0.25, 0.3) is 0 Å². The normalized spacial score (nSPS) is 10.7. The lowest BCUT2D eigenvalue weighted by Crippen LogP contribution is -2.09. The van der Waals surface area contributed by atoms with Crippen LogP contribution in [-0.2, 0) is 10.9 Å². The van der Waals surface area contributed by atoms with E-state index in [0.717, 1.165) is 5.75 Å². The van der Waals surface area contributed by atoms with Crippen LogP contribution in [0, 0.1) is 0 Å². The van der Waals surface area contributed by atoms with Crippen molar-refractivity contribution in [3.05, 3.63) is 60.7 Å². The van der Waals surface area contributed by atoms with Crippen molar-refractivity contribution in [3.8, 4) is 0 Å². The molecule has 17 heavy (non-hydrogen) atoms. The van der Waals surface area contributed by atoms with Gasteiger partial charge in [0.05, 0.1) is 17.6 Å². The SMILES string of the molecule is FCCC[S+](c1ccccc1)c1ccccc1. The Bertz CT molecular complexity index is 388. The molecule has 0 unspecified atom stereocenters. The van der Waals surface area contributed by atoms with E-state index in [1.807, 2.05) is 36.4 Å². The Balaban J connectivity index is 2.26. The molecule has 0 aliphatic heterocycles. The molecule has 0 nitrogen and oxygen atoms in total. The zero-order valence-corrected chi connectivity index (χ0v) is 10.5. The van der Waals surface area contributed by atoms with Gasteiger partial charge in [0.2, 0.25) is 0 Å². The largest absolute Gasteiger partial charge is 0.251 e. The molecule has 0 fully saturated rings. The first-order valence-electron chi connectivity index (χ1n) is 5.79. The van der Waals surface area contributed by atoms with E-state index in [2.05, 4.69) is 24.3 Å². The highest BCUT2D eigenvalue weighted by Gasteiger charge is 2.23. The molecule has 2 rings (SSSR count). The zero-order valence-electron chi connectivity index (χ0n) is 9.68. The second kappa shape index (κ2) is 6.45. The van der Waals surface area contributed by atoms with Gasteiger partial charge in [0.25, 0.3) is 0 Å². The van der Waals surface area contributed by atoms with Gasteiger partial charge in [-0.05, 0) is 24.3 Å². The van der Waals surface area contributed by atoms with Crippen LogP contribution in [-0.4, -0.2) is 12.4 Å². The van der Waals surface area contributed by atoms with Crippen molar-refractivity contribution < 1.29 is 4.39 Å². The highest BCUT2D eigenvalue weighted by molar-refractivity contribution is 7.97. The average Bonchev–Trinajstić information content (AvgIpc) is 2.42. The van der Waals surface area contributed by atoms with Crippen LogP contribution in [0.2, 0.25) is 0 Å². The van der Waals surface area contributed by atoms with Crippen LogP contribution in [0.5, 0.6) is 0 Å². The van der Waals surface area contributed by atoms with Crippen molar-refractivity contribution in [2.75, 3.05) is 12.4 Å². The fourth-order valence-corrected chi connectivity index (χ4v) is 3.85. The molecule has 2 aromatic rings. The van der Waals surface area contributed by atoms with E-state index in [1.54, 1.807) is 0 Å². The van der Waals surface area contributed by atoms with E-state index in [1.165, 1.54) is 9.79 Å². The lowest BCUT2D eigenvalue weighted by atomic mass is 10.4. The van der Waals surface area contributed by atoms with Crippen LogP contribution in [0.3, 0.4) is 0 Å². The van der Waals surface area contributed by atoms with Gasteiger partial charge in [0.15, 0.2) is 9.79 Å². The van der Waals surface area contributed by atoms with E-state index < -0.39 is 0 Å². The molecule has 0 amide bonds. The molecule has 0 saturated carbocycles. The molecule has 2 aromatic carbocycles. The summed E-state index contributed by atoms with van der Waals surface area (Å²) in [4.78, 5) is 2.60. The quantitative estimate of drug-likeness (QED) is 0.698. The van der Waals surface area contributed by atoms with Crippen molar-refractivity contribution in [1.82, 2.24) is 0 Å². The third kappa shape index (κ3) is 3.34. The van der Waals surface area contributed by atoms with Gasteiger partial charge in [-0.15, -0.1) is 0 Å². The van der Waals surface area contributed by atoms with E-state index >= 15 is 0 Å². The van der Waals surface area contributed by atoms with Crippen LogP contribution >= 0.6 is 0 Å². The topological polar surface area (TPSA) is 0 Å². The number of benzene rings is 2. The van der Waals surface area contributed by atoms with Gasteiger partial charge < -0.3 is 0 Å². The molecule has 0 aliphatic carbocycles. The minimum atomic E-state index is -0.233. The number of hydrogen-bond acceptors (Lipinski definition) is 0. The maximum Gasteiger partial charge on any atom is 0.160 e. The smallest absolute Gasteiger partial charge is 0.160 e. The molecule has 0 radical (unpaired) electrons. The van der Waals surface area contributed by atoms with Gasteiger partial charge >= 0.3 is 0 Å². The van der Waals surface area contributed by atoms with E-state index in [-0.39, 0.29) is 17.6 Å². The van der Waals surface area contributed by atoms with Crippen molar-refractivity contribution in [3.63, 3.8) is 0 Å². The Hall–Kier alpha value is -1.28. The van der Waals surface area contributed by atoms with Crippen LogP contribution < -0.4 is 0 Å². The van der Waals surface area contributed by atoms with E-state index in [9.17, 15) is 4.39 Å². The van der Waals surface area contributed by atoms with Crippen LogP contribution in [0.1, 0.15) is 6.42 Å². The Morgan fingerprint density at radius 3 is 1.65 bits per heavy atom. The fraction of sp³-hybridized carbons (Fsp3) is 0.200. The van der Waals surface area contributed by atoms with Gasteiger partial charge in [-0.3, -0.25) is 4.39 Å². The van der Waals surface area contributed by atoms with E-state index in [4.69, 9.17) is 0 Å². The van der Waals surface area contributed by atoms with Crippen LogP contribution in [0.15, 0.2) is 70.5 Å². The van der Waals surface area contributed by atoms with Gasteiger partial charge in [0.1, 0.15) is 5.75 Å². The first-order chi connectivity index (χ1) is 8.42. The summed E-state index contributed by atoms with van der Waals surface area (Å²) in [5.74, 6) is 0.893. The Kier molecular flexibility index (Phi) is 4.63. The second-order valence-corrected chi connectivity index (χ2v) is 5.90. The summed E-state index contributed by atoms with van der Waals surface area (Å²) >= 11 is 0. The third-order valence-corrected chi connectivity index (χ3v) is 4.92. The molecule has 0 bridgehead atoms. The lowest BCUT2D eigenvalue weighted by Gasteiger charge is -2.06. The molecular formula is C15H16FS+. The van der Waals surface area contributed by atoms with Gasteiger partial charge in [0, 0.05) is 6.42 Å². The summed E-state index contributed by atoms with van der Waals surface area (Å²) in [5, 5.41) is 0. The molecule has 0 atom stereocenters. The average molecular weight is 247 g/mol. The maximum absolute atomic E-state index is 12.4. The molecule has 0 aliphatic rings. The van der Waals surface area contributed by atoms with Crippen molar-refractivity contribution in [1.29, 1.82) is 0 Å². The van der Waals surface area contributed by atoms with Gasteiger partial charge in [-0.25, -0.2) is 0 Å². The third-order valence-electron chi connectivity index (χ3n) is 2.54. The van der Waals surface area contributed by atoms with E-state index in [0.29, 0.717) is 6.42 Å². The molecular weight excluding hydrogens is 231 g/mol. The van der Waals surface area contributed by atoms with Crippen molar-refractivity contribution in [2.24, 2.45) is 0 Å². The molecule has 0 spiro atoms. The fourth-order valence-electron chi connectivity index (χ4n) is 1.74. The molecule has 2 heteroatoms.